The molecule has 2 fully saturated rings. The van der Waals surface area contributed by atoms with Crippen molar-refractivity contribution in [2.45, 2.75) is 178 Å². The average molecular weight is 627 g/mol. The Balaban J connectivity index is 0.000000620. The maximum atomic E-state index is 13.8. The molecular weight excluding hydrogens is 567 g/mol. The van der Waals surface area contributed by atoms with E-state index in [1.165, 1.54) is 20.8 Å². The molecule has 2 rings (SSSR count). The zero-order valence-corrected chi connectivity index (χ0v) is 28.1. The van der Waals surface area contributed by atoms with Gasteiger partial charge >= 0.3 is 18.5 Å². The van der Waals surface area contributed by atoms with Crippen molar-refractivity contribution in [2.75, 3.05) is 0 Å². The highest BCUT2D eigenvalue weighted by molar-refractivity contribution is 5.05. The van der Waals surface area contributed by atoms with Crippen LogP contribution in [0.5, 0.6) is 0 Å². The highest BCUT2D eigenvalue weighted by atomic mass is 19.4. The summed E-state index contributed by atoms with van der Waals surface area (Å²) in [4.78, 5) is 0. The van der Waals surface area contributed by atoms with Crippen molar-refractivity contribution in [3.63, 3.8) is 0 Å². The van der Waals surface area contributed by atoms with E-state index in [4.69, 9.17) is 0 Å². The van der Waals surface area contributed by atoms with Crippen LogP contribution in [0.25, 0.3) is 0 Å². The Morgan fingerprint density at radius 3 is 0.952 bits per heavy atom. The molecule has 0 aliphatic heterocycles. The van der Waals surface area contributed by atoms with Crippen molar-refractivity contribution in [1.82, 2.24) is 0 Å². The fraction of sp³-hybridized carbons (Fsp3) is 1.00. The van der Waals surface area contributed by atoms with Gasteiger partial charge in [-0.15, -0.1) is 0 Å². The SMILES string of the molecule is CC1(C(F)(F)F)CCCCC1.CC1(C)CCC(C)(C(F)(F)F)CC1.CCC(C)(CC)C(C)(C(F)(F)F)C(C)(CC)CC. The molecule has 254 valence electrons. The Morgan fingerprint density at radius 1 is 0.452 bits per heavy atom. The van der Waals surface area contributed by atoms with Crippen LogP contribution >= 0.6 is 0 Å². The fourth-order valence-electron chi connectivity index (χ4n) is 6.70. The van der Waals surface area contributed by atoms with E-state index in [2.05, 4.69) is 0 Å². The Labute approximate surface area is 250 Å². The highest BCUT2D eigenvalue weighted by Gasteiger charge is 2.67. The molecule has 0 aromatic rings. The number of hydrogen-bond acceptors (Lipinski definition) is 0. The molecule has 0 saturated heterocycles. The first-order chi connectivity index (χ1) is 18.6. The average Bonchev–Trinajstić information content (AvgIpc) is 2.88. The second kappa shape index (κ2) is 14.2. The van der Waals surface area contributed by atoms with Gasteiger partial charge in [-0.1, -0.05) is 88.5 Å². The van der Waals surface area contributed by atoms with Crippen molar-refractivity contribution >= 4 is 0 Å². The lowest BCUT2D eigenvalue weighted by Gasteiger charge is -2.57. The summed E-state index contributed by atoms with van der Waals surface area (Å²) in [7, 11) is 0. The Bertz CT molecular complexity index is 760. The summed E-state index contributed by atoms with van der Waals surface area (Å²) in [5.41, 5.74) is -5.80. The zero-order valence-electron chi connectivity index (χ0n) is 28.1. The zero-order chi connectivity index (χ0) is 33.7. The molecule has 0 aromatic heterocycles. The van der Waals surface area contributed by atoms with Gasteiger partial charge in [-0.2, -0.15) is 39.5 Å². The van der Waals surface area contributed by atoms with E-state index in [0.717, 1.165) is 19.3 Å². The van der Waals surface area contributed by atoms with Crippen LogP contribution in [0.15, 0.2) is 0 Å². The molecule has 0 aromatic carbocycles. The largest absolute Gasteiger partial charge is 0.395 e. The summed E-state index contributed by atoms with van der Waals surface area (Å²) >= 11 is 0. The molecule has 42 heavy (non-hydrogen) atoms. The molecule has 0 unspecified atom stereocenters. The van der Waals surface area contributed by atoms with E-state index in [-0.39, 0.29) is 18.3 Å². The maximum Gasteiger partial charge on any atom is 0.395 e. The monoisotopic (exact) mass is 626 g/mol. The summed E-state index contributed by atoms with van der Waals surface area (Å²) in [6.07, 6.45) is -5.00. The van der Waals surface area contributed by atoms with Crippen molar-refractivity contribution in [3.8, 4) is 0 Å². The van der Waals surface area contributed by atoms with E-state index in [0.29, 0.717) is 51.4 Å². The Hall–Kier alpha value is -0.630. The second-order valence-electron chi connectivity index (χ2n) is 15.0. The van der Waals surface area contributed by atoms with Crippen LogP contribution < -0.4 is 0 Å². The maximum absolute atomic E-state index is 13.8. The predicted molar refractivity (Wildman–Crippen MR) is 155 cm³/mol. The van der Waals surface area contributed by atoms with Gasteiger partial charge in [0.25, 0.3) is 0 Å². The molecule has 0 amide bonds. The minimum atomic E-state index is -4.17. The number of halogens is 9. The first-order valence-corrected chi connectivity index (χ1v) is 15.8. The van der Waals surface area contributed by atoms with Gasteiger partial charge in [-0.3, -0.25) is 0 Å². The van der Waals surface area contributed by atoms with Crippen LogP contribution in [-0.2, 0) is 0 Å². The molecule has 0 heterocycles. The number of rotatable bonds is 6. The minimum Gasteiger partial charge on any atom is -0.171 e. The molecule has 0 spiro atoms. The standard InChI is InChI=1S/C15H29F3.C10H17F3.C8H13F3/c1-8-12(5,9-2)14(7,15(16,17)18)13(6,10-3)11-4;1-8(2)4-6-9(3,7-5-8)10(11,12)13;1-7(8(9,10)11)5-3-2-4-6-7/h8-11H2,1-7H3;4-7H2,1-3H3;2-6H2,1H3. The van der Waals surface area contributed by atoms with Crippen molar-refractivity contribution in [2.24, 2.45) is 32.5 Å². The van der Waals surface area contributed by atoms with E-state index in [1.54, 1.807) is 13.8 Å². The minimum absolute atomic E-state index is 0.102. The third kappa shape index (κ3) is 8.97. The lowest BCUT2D eigenvalue weighted by Crippen LogP contribution is -2.57. The van der Waals surface area contributed by atoms with Gasteiger partial charge in [0.2, 0.25) is 0 Å². The van der Waals surface area contributed by atoms with Gasteiger partial charge in [-0.25, -0.2) is 0 Å². The second-order valence-corrected chi connectivity index (χ2v) is 15.0. The molecule has 0 N–H and O–H groups in total. The highest BCUT2D eigenvalue weighted by Crippen LogP contribution is 2.65. The summed E-state index contributed by atoms with van der Waals surface area (Å²) in [6, 6.07) is 0. The lowest BCUT2D eigenvalue weighted by molar-refractivity contribution is -0.301. The predicted octanol–water partition coefficient (Wildman–Crippen LogP) is 13.9. The molecule has 2 aliphatic rings. The molecule has 2 aliphatic carbocycles. The van der Waals surface area contributed by atoms with Gasteiger partial charge in [0, 0.05) is 0 Å². The molecule has 0 radical (unpaired) electrons. The summed E-state index contributed by atoms with van der Waals surface area (Å²) in [5, 5.41) is 0. The van der Waals surface area contributed by atoms with E-state index in [9.17, 15) is 39.5 Å². The van der Waals surface area contributed by atoms with Gasteiger partial charge in [-0.05, 0) is 87.4 Å². The quantitative estimate of drug-likeness (QED) is 0.257. The van der Waals surface area contributed by atoms with Crippen molar-refractivity contribution in [3.05, 3.63) is 0 Å². The molecule has 0 atom stereocenters. The van der Waals surface area contributed by atoms with Crippen LogP contribution in [0.2, 0.25) is 0 Å². The fourth-order valence-corrected chi connectivity index (χ4v) is 6.70. The Kier molecular flexibility index (Phi) is 14.0. The normalized spacial score (nSPS) is 21.4. The van der Waals surface area contributed by atoms with Crippen LogP contribution in [-0.4, -0.2) is 18.5 Å². The van der Waals surface area contributed by atoms with Crippen molar-refractivity contribution in [1.29, 1.82) is 0 Å². The van der Waals surface area contributed by atoms with Crippen LogP contribution in [0.3, 0.4) is 0 Å². The Morgan fingerprint density at radius 2 is 0.738 bits per heavy atom. The number of hydrogen-bond donors (Lipinski definition) is 0. The molecule has 2 saturated carbocycles. The summed E-state index contributed by atoms with van der Waals surface area (Å²) in [5.74, 6) is 0. The van der Waals surface area contributed by atoms with Crippen molar-refractivity contribution < 1.29 is 39.5 Å². The lowest BCUT2D eigenvalue weighted by atomic mass is 9.49. The first-order valence-electron chi connectivity index (χ1n) is 15.8. The summed E-state index contributed by atoms with van der Waals surface area (Å²) in [6.45, 7) is 19.3. The van der Waals surface area contributed by atoms with Gasteiger partial charge in [0.15, 0.2) is 0 Å². The molecule has 0 nitrogen and oxygen atoms in total. The first kappa shape index (κ1) is 41.4. The topological polar surface area (TPSA) is 0 Å². The van der Waals surface area contributed by atoms with E-state index < -0.39 is 45.6 Å². The summed E-state index contributed by atoms with van der Waals surface area (Å²) < 4.78 is 116. The molecular formula is C33H59F9. The van der Waals surface area contributed by atoms with Gasteiger partial charge < -0.3 is 0 Å². The molecule has 9 heteroatoms. The van der Waals surface area contributed by atoms with E-state index in [1.807, 2.05) is 41.5 Å². The smallest absolute Gasteiger partial charge is 0.171 e. The number of alkyl halides is 9. The third-order valence-electron chi connectivity index (χ3n) is 12.1. The van der Waals surface area contributed by atoms with Crippen LogP contribution in [0.4, 0.5) is 39.5 Å². The van der Waals surface area contributed by atoms with Crippen LogP contribution in [0, 0.1) is 32.5 Å². The van der Waals surface area contributed by atoms with Gasteiger partial charge in [0.05, 0.1) is 16.2 Å². The molecule has 0 bridgehead atoms. The van der Waals surface area contributed by atoms with Crippen LogP contribution in [0.1, 0.15) is 160 Å². The third-order valence-corrected chi connectivity index (χ3v) is 12.1. The van der Waals surface area contributed by atoms with E-state index >= 15 is 0 Å². The van der Waals surface area contributed by atoms with Gasteiger partial charge in [0.1, 0.15) is 0 Å².